The lowest BCUT2D eigenvalue weighted by Gasteiger charge is -2.32. The largest absolute Gasteiger partial charge is 0.495 e. The summed E-state index contributed by atoms with van der Waals surface area (Å²) in [5, 5.41) is 0.368. The van der Waals surface area contributed by atoms with Crippen molar-refractivity contribution in [2.45, 2.75) is 45.8 Å². The summed E-state index contributed by atoms with van der Waals surface area (Å²) in [4.78, 5) is 4.13. The van der Waals surface area contributed by atoms with Gasteiger partial charge in [-0.05, 0) is 46.1 Å². The zero-order valence-corrected chi connectivity index (χ0v) is 13.0. The van der Waals surface area contributed by atoms with Crippen molar-refractivity contribution in [1.29, 1.82) is 0 Å². The monoisotopic (exact) mass is 283 g/mol. The molecular formula is C13H19BClNO3. The van der Waals surface area contributed by atoms with Crippen molar-refractivity contribution in [1.82, 2.24) is 4.98 Å². The first-order valence-electron chi connectivity index (χ1n) is 6.24. The Bertz CT molecular complexity index is 489. The number of hydrogen-bond donors (Lipinski definition) is 0. The van der Waals surface area contributed by atoms with Gasteiger partial charge in [-0.1, -0.05) is 11.6 Å². The van der Waals surface area contributed by atoms with Gasteiger partial charge in [0.15, 0.2) is 0 Å². The van der Waals surface area contributed by atoms with E-state index in [0.717, 1.165) is 11.0 Å². The molecule has 0 bridgehead atoms. The molecule has 2 heterocycles. The Balaban J connectivity index is 2.42. The summed E-state index contributed by atoms with van der Waals surface area (Å²) in [7, 11) is 1.11. The molecule has 2 rings (SSSR count). The van der Waals surface area contributed by atoms with Gasteiger partial charge in [0.2, 0.25) is 5.88 Å². The summed E-state index contributed by atoms with van der Waals surface area (Å²) in [6.45, 7) is 9.98. The fraction of sp³-hybridized carbons (Fsp3) is 0.615. The van der Waals surface area contributed by atoms with E-state index in [1.54, 1.807) is 13.2 Å². The molecule has 0 aromatic carbocycles. The summed E-state index contributed by atoms with van der Waals surface area (Å²) in [6, 6.07) is 1.77. The van der Waals surface area contributed by atoms with Crippen LogP contribution in [-0.2, 0) is 9.31 Å². The highest BCUT2D eigenvalue weighted by Gasteiger charge is 2.52. The van der Waals surface area contributed by atoms with Gasteiger partial charge in [-0.15, -0.1) is 0 Å². The van der Waals surface area contributed by atoms with Gasteiger partial charge < -0.3 is 14.0 Å². The highest BCUT2D eigenvalue weighted by molar-refractivity contribution is 6.63. The molecule has 0 radical (unpaired) electrons. The number of halogens is 1. The van der Waals surface area contributed by atoms with E-state index in [2.05, 4.69) is 4.98 Å². The van der Waals surface area contributed by atoms with Gasteiger partial charge >= 0.3 is 7.12 Å². The van der Waals surface area contributed by atoms with Crippen molar-refractivity contribution in [2.75, 3.05) is 7.11 Å². The topological polar surface area (TPSA) is 40.6 Å². The third kappa shape index (κ3) is 2.47. The number of hydrogen-bond acceptors (Lipinski definition) is 4. The number of rotatable bonds is 2. The van der Waals surface area contributed by atoms with Crippen LogP contribution >= 0.6 is 11.6 Å². The molecule has 1 aliphatic rings. The van der Waals surface area contributed by atoms with Crippen molar-refractivity contribution in [3.63, 3.8) is 0 Å². The molecular weight excluding hydrogens is 264 g/mol. The maximum absolute atomic E-state index is 6.02. The van der Waals surface area contributed by atoms with Crippen molar-refractivity contribution >= 4 is 24.2 Å². The van der Waals surface area contributed by atoms with E-state index in [0.29, 0.717) is 11.0 Å². The zero-order valence-electron chi connectivity index (χ0n) is 12.2. The van der Waals surface area contributed by atoms with E-state index in [-0.39, 0.29) is 11.2 Å². The van der Waals surface area contributed by atoms with Crippen LogP contribution in [0.1, 0.15) is 33.3 Å². The Morgan fingerprint density at radius 1 is 1.21 bits per heavy atom. The number of pyridine rings is 1. The van der Waals surface area contributed by atoms with E-state index in [4.69, 9.17) is 25.6 Å². The van der Waals surface area contributed by atoms with Gasteiger partial charge in [0.1, 0.15) is 5.15 Å². The first kappa shape index (κ1) is 14.6. The van der Waals surface area contributed by atoms with Crippen LogP contribution in [0.15, 0.2) is 6.07 Å². The third-order valence-corrected chi connectivity index (χ3v) is 4.13. The van der Waals surface area contributed by atoms with Gasteiger partial charge in [0, 0.05) is 5.56 Å². The lowest BCUT2D eigenvalue weighted by molar-refractivity contribution is 0.00578. The summed E-state index contributed by atoms with van der Waals surface area (Å²) >= 11 is 6.02. The predicted molar refractivity (Wildman–Crippen MR) is 76.3 cm³/mol. The minimum absolute atomic E-state index is 0.368. The summed E-state index contributed by atoms with van der Waals surface area (Å²) < 4.78 is 17.3. The van der Waals surface area contributed by atoms with Crippen LogP contribution < -0.4 is 10.2 Å². The zero-order chi connectivity index (χ0) is 14.4. The second-order valence-corrected chi connectivity index (χ2v) is 6.14. The van der Waals surface area contributed by atoms with Crippen LogP contribution in [0.25, 0.3) is 0 Å². The van der Waals surface area contributed by atoms with Gasteiger partial charge in [-0.25, -0.2) is 4.98 Å². The highest BCUT2D eigenvalue weighted by Crippen LogP contribution is 2.37. The van der Waals surface area contributed by atoms with Crippen LogP contribution in [0.5, 0.6) is 5.88 Å². The third-order valence-electron chi connectivity index (χ3n) is 3.94. The highest BCUT2D eigenvalue weighted by atomic mass is 35.5. The average molecular weight is 284 g/mol. The van der Waals surface area contributed by atoms with E-state index in [9.17, 15) is 0 Å². The molecule has 6 heteroatoms. The average Bonchev–Trinajstić information content (AvgIpc) is 2.50. The second kappa shape index (κ2) is 4.65. The molecule has 1 aromatic rings. The van der Waals surface area contributed by atoms with Crippen LogP contribution in [0.3, 0.4) is 0 Å². The molecule has 1 saturated heterocycles. The van der Waals surface area contributed by atoms with Crippen LogP contribution in [-0.4, -0.2) is 30.4 Å². The maximum Gasteiger partial charge on any atom is 0.495 e. The molecule has 0 N–H and O–H groups in total. The first-order valence-corrected chi connectivity index (χ1v) is 6.62. The minimum atomic E-state index is -0.459. The van der Waals surface area contributed by atoms with Crippen LogP contribution in [0.4, 0.5) is 0 Å². The molecule has 0 spiro atoms. The van der Waals surface area contributed by atoms with Gasteiger partial charge in [0.05, 0.1) is 18.3 Å². The molecule has 4 nitrogen and oxygen atoms in total. The molecule has 0 amide bonds. The molecule has 1 aromatic heterocycles. The molecule has 1 aliphatic heterocycles. The molecule has 19 heavy (non-hydrogen) atoms. The Kier molecular flexibility index (Phi) is 3.58. The molecule has 104 valence electrons. The standard InChI is InChI=1S/C13H19BClNO3/c1-8-9(7-10(15)16-11(8)17-6)14-18-12(2,3)13(4,5)19-14/h7H,1-6H3. The SMILES string of the molecule is COc1nc(Cl)cc(B2OC(C)(C)C(C)(C)O2)c1C. The fourth-order valence-electron chi connectivity index (χ4n) is 1.99. The van der Waals surface area contributed by atoms with Crippen LogP contribution in [0.2, 0.25) is 5.15 Å². The molecule has 0 saturated carbocycles. The van der Waals surface area contributed by atoms with Crippen molar-refractivity contribution in [3.8, 4) is 5.88 Å². The quantitative estimate of drug-likeness (QED) is 0.617. The minimum Gasteiger partial charge on any atom is -0.481 e. The molecule has 0 unspecified atom stereocenters. The Morgan fingerprint density at radius 2 is 1.74 bits per heavy atom. The Morgan fingerprint density at radius 3 is 2.21 bits per heavy atom. The number of aromatic nitrogens is 1. The molecule has 0 atom stereocenters. The fourth-order valence-corrected chi connectivity index (χ4v) is 2.18. The van der Waals surface area contributed by atoms with Gasteiger partial charge in [-0.3, -0.25) is 0 Å². The lowest BCUT2D eigenvalue weighted by atomic mass is 9.77. The summed E-state index contributed by atoms with van der Waals surface area (Å²) in [6.07, 6.45) is 0. The van der Waals surface area contributed by atoms with E-state index >= 15 is 0 Å². The number of ether oxygens (including phenoxy) is 1. The molecule has 0 aliphatic carbocycles. The summed E-state index contributed by atoms with van der Waals surface area (Å²) in [5.74, 6) is 0.497. The predicted octanol–water partition coefficient (Wildman–Crippen LogP) is 2.35. The van der Waals surface area contributed by atoms with E-state index in [1.807, 2.05) is 34.6 Å². The first-order chi connectivity index (χ1) is 8.68. The summed E-state index contributed by atoms with van der Waals surface area (Å²) in [5.41, 5.74) is 0.973. The van der Waals surface area contributed by atoms with Crippen LogP contribution in [0, 0.1) is 6.92 Å². The van der Waals surface area contributed by atoms with Gasteiger partial charge in [-0.2, -0.15) is 0 Å². The van der Waals surface area contributed by atoms with E-state index < -0.39 is 7.12 Å². The van der Waals surface area contributed by atoms with Gasteiger partial charge in [0.25, 0.3) is 0 Å². The smallest absolute Gasteiger partial charge is 0.481 e. The van der Waals surface area contributed by atoms with Crippen molar-refractivity contribution < 1.29 is 14.0 Å². The number of nitrogens with zero attached hydrogens (tertiary/aromatic N) is 1. The molecule has 1 fully saturated rings. The van der Waals surface area contributed by atoms with E-state index in [1.165, 1.54) is 0 Å². The van der Waals surface area contributed by atoms with Crippen molar-refractivity contribution in [2.24, 2.45) is 0 Å². The lowest BCUT2D eigenvalue weighted by Crippen LogP contribution is -2.41. The Labute approximate surface area is 119 Å². The maximum atomic E-state index is 6.02. The normalized spacial score (nSPS) is 20.7. The number of methoxy groups -OCH3 is 1. The second-order valence-electron chi connectivity index (χ2n) is 5.76. The van der Waals surface area contributed by atoms with Crippen molar-refractivity contribution in [3.05, 3.63) is 16.8 Å². The Hall–Kier alpha value is -0.775.